The topological polar surface area (TPSA) is 76.4 Å². The van der Waals surface area contributed by atoms with Gasteiger partial charge in [0, 0.05) is 17.5 Å². The number of nitrogens with one attached hydrogen (secondary N) is 1. The van der Waals surface area contributed by atoms with Crippen LogP contribution in [0.5, 0.6) is 0 Å². The molecule has 0 unspecified atom stereocenters. The summed E-state index contributed by atoms with van der Waals surface area (Å²) in [5.41, 5.74) is 1.03. The molecule has 0 saturated heterocycles. The summed E-state index contributed by atoms with van der Waals surface area (Å²) in [5, 5.41) is 2.46. The maximum atomic E-state index is 12.1. The number of hydrogen-bond donors (Lipinski definition) is 1. The SMILES string of the molecule is Cc1cc(=O)oc2cc(NS(=O)(=O)c3cccs3)ccc12. The summed E-state index contributed by atoms with van der Waals surface area (Å²) in [6.07, 6.45) is 0. The number of sulfonamides is 1. The van der Waals surface area contributed by atoms with Gasteiger partial charge in [-0.15, -0.1) is 11.3 Å². The fourth-order valence-electron chi connectivity index (χ4n) is 2.01. The number of thiophene rings is 1. The average molecular weight is 321 g/mol. The second kappa shape index (κ2) is 5.01. The Balaban J connectivity index is 2.05. The molecular weight excluding hydrogens is 310 g/mol. The van der Waals surface area contributed by atoms with Crippen LogP contribution in [-0.2, 0) is 10.0 Å². The van der Waals surface area contributed by atoms with Crippen molar-refractivity contribution in [2.24, 2.45) is 0 Å². The van der Waals surface area contributed by atoms with Gasteiger partial charge in [-0.2, -0.15) is 0 Å². The van der Waals surface area contributed by atoms with Crippen molar-refractivity contribution in [3.05, 3.63) is 57.8 Å². The normalized spacial score (nSPS) is 11.7. The minimum absolute atomic E-state index is 0.230. The highest BCUT2D eigenvalue weighted by Gasteiger charge is 2.15. The van der Waals surface area contributed by atoms with Crippen LogP contribution < -0.4 is 10.3 Å². The Morgan fingerprint density at radius 2 is 2.00 bits per heavy atom. The molecule has 0 fully saturated rings. The van der Waals surface area contributed by atoms with E-state index >= 15 is 0 Å². The Kier molecular flexibility index (Phi) is 3.30. The van der Waals surface area contributed by atoms with Crippen molar-refractivity contribution >= 4 is 38.0 Å². The van der Waals surface area contributed by atoms with Crippen LogP contribution in [0.25, 0.3) is 11.0 Å². The maximum absolute atomic E-state index is 12.1. The zero-order valence-electron chi connectivity index (χ0n) is 11.0. The maximum Gasteiger partial charge on any atom is 0.336 e. The van der Waals surface area contributed by atoms with E-state index in [0.717, 1.165) is 22.3 Å². The van der Waals surface area contributed by atoms with Gasteiger partial charge in [0.1, 0.15) is 9.79 Å². The molecule has 0 aliphatic rings. The molecule has 3 aromatic rings. The molecule has 0 aliphatic heterocycles. The fourth-order valence-corrected chi connectivity index (χ4v) is 4.05. The van der Waals surface area contributed by atoms with E-state index in [1.807, 2.05) is 0 Å². The highest BCUT2D eigenvalue weighted by Crippen LogP contribution is 2.24. The summed E-state index contributed by atoms with van der Waals surface area (Å²) in [6, 6.07) is 9.47. The monoisotopic (exact) mass is 321 g/mol. The van der Waals surface area contributed by atoms with Gasteiger partial charge in [-0.1, -0.05) is 6.07 Å². The van der Waals surface area contributed by atoms with Gasteiger partial charge in [-0.3, -0.25) is 4.72 Å². The van der Waals surface area contributed by atoms with Crippen molar-refractivity contribution in [2.75, 3.05) is 4.72 Å². The molecule has 0 spiro atoms. The second-order valence-corrected chi connectivity index (χ2v) is 7.35. The first-order valence-electron chi connectivity index (χ1n) is 6.06. The van der Waals surface area contributed by atoms with Gasteiger partial charge in [0.05, 0.1) is 5.69 Å². The van der Waals surface area contributed by atoms with Crippen LogP contribution in [0.3, 0.4) is 0 Å². The smallest absolute Gasteiger partial charge is 0.336 e. The first-order valence-corrected chi connectivity index (χ1v) is 8.43. The zero-order chi connectivity index (χ0) is 15.0. The minimum Gasteiger partial charge on any atom is -0.423 e. The molecule has 1 N–H and O–H groups in total. The summed E-state index contributed by atoms with van der Waals surface area (Å²) in [5.74, 6) is 0. The molecule has 2 aromatic heterocycles. The summed E-state index contributed by atoms with van der Waals surface area (Å²) in [4.78, 5) is 11.4. The molecule has 1 aromatic carbocycles. The lowest BCUT2D eigenvalue weighted by atomic mass is 10.1. The molecule has 0 aliphatic carbocycles. The predicted octanol–water partition coefficient (Wildman–Crippen LogP) is 2.96. The van der Waals surface area contributed by atoms with Crippen molar-refractivity contribution in [2.45, 2.75) is 11.1 Å². The van der Waals surface area contributed by atoms with Crippen molar-refractivity contribution in [3.63, 3.8) is 0 Å². The van der Waals surface area contributed by atoms with Crippen LogP contribution in [0.2, 0.25) is 0 Å². The van der Waals surface area contributed by atoms with Gasteiger partial charge in [-0.25, -0.2) is 13.2 Å². The molecule has 108 valence electrons. The number of benzene rings is 1. The molecule has 0 bridgehead atoms. The van der Waals surface area contributed by atoms with Gasteiger partial charge in [-0.05, 0) is 36.1 Å². The Hall–Kier alpha value is -2.12. The number of anilines is 1. The molecule has 5 nitrogen and oxygen atoms in total. The quantitative estimate of drug-likeness (QED) is 0.752. The molecule has 0 radical (unpaired) electrons. The van der Waals surface area contributed by atoms with Crippen molar-refractivity contribution in [1.29, 1.82) is 0 Å². The Bertz CT molecular complexity index is 956. The summed E-state index contributed by atoms with van der Waals surface area (Å²) in [7, 11) is -3.61. The summed E-state index contributed by atoms with van der Waals surface area (Å²) < 4.78 is 32.1. The van der Waals surface area contributed by atoms with Crippen molar-refractivity contribution < 1.29 is 12.8 Å². The van der Waals surface area contributed by atoms with Gasteiger partial charge in [0.15, 0.2) is 0 Å². The Morgan fingerprint density at radius 3 is 2.71 bits per heavy atom. The molecule has 0 amide bonds. The van der Waals surface area contributed by atoms with Crippen LogP contribution in [0, 0.1) is 6.92 Å². The second-order valence-electron chi connectivity index (χ2n) is 4.50. The zero-order valence-corrected chi connectivity index (χ0v) is 12.6. The highest BCUT2D eigenvalue weighted by molar-refractivity contribution is 7.94. The number of aryl methyl sites for hydroxylation is 1. The molecule has 21 heavy (non-hydrogen) atoms. The minimum atomic E-state index is -3.61. The van der Waals surface area contributed by atoms with E-state index in [-0.39, 0.29) is 4.21 Å². The Morgan fingerprint density at radius 1 is 1.19 bits per heavy atom. The van der Waals surface area contributed by atoms with Gasteiger partial charge in [0.25, 0.3) is 10.0 Å². The third-order valence-corrected chi connectivity index (χ3v) is 5.74. The molecule has 0 atom stereocenters. The third kappa shape index (κ3) is 2.70. The number of fused-ring (bicyclic) bond motifs is 1. The van der Waals surface area contributed by atoms with E-state index in [1.54, 1.807) is 30.5 Å². The summed E-state index contributed by atoms with van der Waals surface area (Å²) >= 11 is 1.13. The number of hydrogen-bond acceptors (Lipinski definition) is 5. The van der Waals surface area contributed by atoms with Crippen molar-refractivity contribution in [3.8, 4) is 0 Å². The van der Waals surface area contributed by atoms with E-state index in [9.17, 15) is 13.2 Å². The van der Waals surface area contributed by atoms with Crippen LogP contribution in [0.1, 0.15) is 5.56 Å². The lowest BCUT2D eigenvalue weighted by Gasteiger charge is -2.07. The number of rotatable bonds is 3. The molecule has 0 saturated carbocycles. The first kappa shape index (κ1) is 13.8. The molecule has 3 rings (SSSR count). The lowest BCUT2D eigenvalue weighted by Crippen LogP contribution is -2.11. The van der Waals surface area contributed by atoms with E-state index in [2.05, 4.69) is 4.72 Å². The average Bonchev–Trinajstić information content (AvgIpc) is 2.92. The fraction of sp³-hybridized carbons (Fsp3) is 0.0714. The van der Waals surface area contributed by atoms with Crippen LogP contribution in [0.4, 0.5) is 5.69 Å². The highest BCUT2D eigenvalue weighted by atomic mass is 32.2. The van der Waals surface area contributed by atoms with E-state index < -0.39 is 15.6 Å². The van der Waals surface area contributed by atoms with Gasteiger partial charge < -0.3 is 4.42 Å². The molecular formula is C14H11NO4S2. The van der Waals surface area contributed by atoms with Crippen molar-refractivity contribution in [1.82, 2.24) is 0 Å². The first-order chi connectivity index (χ1) is 9.95. The standard InChI is InChI=1S/C14H11NO4S2/c1-9-7-13(16)19-12-8-10(4-5-11(9)12)15-21(17,18)14-3-2-6-20-14/h2-8,15H,1H3. The molecule has 2 heterocycles. The summed E-state index contributed by atoms with van der Waals surface area (Å²) in [6.45, 7) is 1.80. The lowest BCUT2D eigenvalue weighted by molar-refractivity contribution is 0.560. The van der Waals surface area contributed by atoms with E-state index in [4.69, 9.17) is 4.42 Å². The van der Waals surface area contributed by atoms with E-state index in [0.29, 0.717) is 11.3 Å². The largest absolute Gasteiger partial charge is 0.423 e. The third-order valence-electron chi connectivity index (χ3n) is 2.96. The van der Waals surface area contributed by atoms with Gasteiger partial charge in [0.2, 0.25) is 0 Å². The van der Waals surface area contributed by atoms with E-state index in [1.165, 1.54) is 18.2 Å². The Labute approximate surface area is 124 Å². The predicted molar refractivity (Wildman–Crippen MR) is 82.3 cm³/mol. The van der Waals surface area contributed by atoms with Gasteiger partial charge >= 0.3 is 5.63 Å². The van der Waals surface area contributed by atoms with Crippen LogP contribution in [0.15, 0.2) is 55.2 Å². The molecule has 7 heteroatoms. The van der Waals surface area contributed by atoms with Crippen LogP contribution in [-0.4, -0.2) is 8.42 Å². The van der Waals surface area contributed by atoms with Crippen LogP contribution >= 0.6 is 11.3 Å².